The summed E-state index contributed by atoms with van der Waals surface area (Å²) in [5, 5.41) is 0. The number of fused-ring (bicyclic) bond motifs is 1. The maximum absolute atomic E-state index is 11.5. The summed E-state index contributed by atoms with van der Waals surface area (Å²) >= 11 is 0. The van der Waals surface area contributed by atoms with Crippen molar-refractivity contribution in [1.29, 1.82) is 0 Å². The van der Waals surface area contributed by atoms with Crippen LogP contribution in [0, 0.1) is 0 Å². The number of rotatable bonds is 2. The van der Waals surface area contributed by atoms with Gasteiger partial charge in [0.15, 0.2) is 11.5 Å². The maximum Gasteiger partial charge on any atom is 0.325 e. The summed E-state index contributed by atoms with van der Waals surface area (Å²) in [4.78, 5) is 27.1. The molecule has 18 heavy (non-hydrogen) atoms. The molecule has 0 saturated carbocycles. The second-order valence-electron chi connectivity index (χ2n) is 3.96. The third-order valence-electron chi connectivity index (χ3n) is 2.73. The van der Waals surface area contributed by atoms with Crippen LogP contribution >= 0.6 is 0 Å². The fraction of sp³-hybridized carbons (Fsp3) is 0.167. The van der Waals surface area contributed by atoms with Gasteiger partial charge in [-0.2, -0.15) is 0 Å². The molecule has 0 aliphatic carbocycles. The second kappa shape index (κ2) is 4.06. The third-order valence-corrected chi connectivity index (χ3v) is 2.73. The molecule has 0 atom stereocenters. The smallest absolute Gasteiger partial charge is 0.325 e. The van der Waals surface area contributed by atoms with Crippen LogP contribution in [-0.2, 0) is 6.42 Å². The van der Waals surface area contributed by atoms with Crippen LogP contribution in [0.3, 0.4) is 0 Å². The molecule has 0 amide bonds. The molecular weight excluding hydrogens is 236 g/mol. The Bertz CT molecular complexity index is 702. The van der Waals surface area contributed by atoms with E-state index < -0.39 is 5.69 Å². The van der Waals surface area contributed by atoms with Gasteiger partial charge in [-0.3, -0.25) is 9.78 Å². The Kier molecular flexibility index (Phi) is 2.40. The van der Waals surface area contributed by atoms with Gasteiger partial charge in [0.1, 0.15) is 0 Å². The highest BCUT2D eigenvalue weighted by atomic mass is 16.7. The van der Waals surface area contributed by atoms with Crippen LogP contribution < -0.4 is 20.7 Å². The molecule has 1 aliphatic rings. The van der Waals surface area contributed by atoms with E-state index in [1.807, 2.05) is 12.1 Å². The topological polar surface area (TPSA) is 84.2 Å². The summed E-state index contributed by atoms with van der Waals surface area (Å²) in [6.45, 7) is 0.220. The first-order valence-corrected chi connectivity index (χ1v) is 5.42. The summed E-state index contributed by atoms with van der Waals surface area (Å²) < 4.78 is 10.5. The fourth-order valence-corrected chi connectivity index (χ4v) is 1.84. The normalized spacial score (nSPS) is 12.7. The Hall–Kier alpha value is -2.50. The number of nitrogens with one attached hydrogen (secondary N) is 2. The molecule has 6 nitrogen and oxygen atoms in total. The highest BCUT2D eigenvalue weighted by molar-refractivity contribution is 5.45. The molecule has 0 fully saturated rings. The molecule has 3 rings (SSSR count). The van der Waals surface area contributed by atoms with Gasteiger partial charge in [0.2, 0.25) is 6.79 Å². The summed E-state index contributed by atoms with van der Waals surface area (Å²) in [6.07, 6.45) is 1.84. The van der Waals surface area contributed by atoms with Gasteiger partial charge in [-0.05, 0) is 17.7 Å². The summed E-state index contributed by atoms with van der Waals surface area (Å²) in [5.41, 5.74) is 0.524. The van der Waals surface area contributed by atoms with E-state index in [9.17, 15) is 9.59 Å². The van der Waals surface area contributed by atoms with Gasteiger partial charge in [0.05, 0.1) is 0 Å². The predicted molar refractivity (Wildman–Crippen MR) is 63.1 cm³/mol. The average molecular weight is 246 g/mol. The molecule has 1 aromatic heterocycles. The largest absolute Gasteiger partial charge is 0.454 e. The summed E-state index contributed by atoms with van der Waals surface area (Å²) in [7, 11) is 0. The van der Waals surface area contributed by atoms with Crippen molar-refractivity contribution in [2.24, 2.45) is 0 Å². The van der Waals surface area contributed by atoms with E-state index in [1.165, 1.54) is 6.20 Å². The van der Waals surface area contributed by atoms with E-state index in [2.05, 4.69) is 9.97 Å². The fourth-order valence-electron chi connectivity index (χ4n) is 1.84. The number of aromatic nitrogens is 2. The SMILES string of the molecule is O=c1[nH]cc(Cc2ccc3c(c2)OCO3)c(=O)[nH]1. The average Bonchev–Trinajstić information content (AvgIpc) is 2.80. The Labute approximate surface area is 101 Å². The zero-order valence-electron chi connectivity index (χ0n) is 9.36. The predicted octanol–water partition coefficient (Wildman–Crippen LogP) is 0.383. The van der Waals surface area contributed by atoms with Crippen LogP contribution in [0.15, 0.2) is 34.0 Å². The third kappa shape index (κ3) is 1.88. The van der Waals surface area contributed by atoms with Crippen molar-refractivity contribution < 1.29 is 9.47 Å². The van der Waals surface area contributed by atoms with E-state index in [-0.39, 0.29) is 12.4 Å². The quantitative estimate of drug-likeness (QED) is 0.802. The Morgan fingerprint density at radius 2 is 2.00 bits per heavy atom. The standard InChI is InChI=1S/C12H10N2O4/c15-11-8(5-13-12(16)14-11)3-7-1-2-9-10(4-7)18-6-17-9/h1-2,4-5H,3,6H2,(H2,13,14,15,16). The molecule has 0 saturated heterocycles. The number of H-pyrrole nitrogens is 2. The Morgan fingerprint density at radius 3 is 2.83 bits per heavy atom. The van der Waals surface area contributed by atoms with E-state index in [0.29, 0.717) is 23.5 Å². The second-order valence-corrected chi connectivity index (χ2v) is 3.96. The number of hydrogen-bond acceptors (Lipinski definition) is 4. The van der Waals surface area contributed by atoms with Crippen molar-refractivity contribution in [3.63, 3.8) is 0 Å². The van der Waals surface area contributed by atoms with Gasteiger partial charge >= 0.3 is 5.69 Å². The van der Waals surface area contributed by atoms with E-state index >= 15 is 0 Å². The molecule has 0 spiro atoms. The minimum absolute atomic E-state index is 0.220. The number of ether oxygens (including phenoxy) is 2. The zero-order chi connectivity index (χ0) is 12.5. The summed E-state index contributed by atoms with van der Waals surface area (Å²) in [5.74, 6) is 1.38. The monoisotopic (exact) mass is 246 g/mol. The molecule has 0 bridgehead atoms. The molecule has 2 heterocycles. The first kappa shape index (κ1) is 10.6. The minimum Gasteiger partial charge on any atom is -0.454 e. The van der Waals surface area contributed by atoms with E-state index in [0.717, 1.165) is 5.56 Å². The molecule has 1 aliphatic heterocycles. The molecule has 2 N–H and O–H groups in total. The molecular formula is C12H10N2O4. The lowest BCUT2D eigenvalue weighted by atomic mass is 10.1. The molecule has 1 aromatic carbocycles. The van der Waals surface area contributed by atoms with Gasteiger partial charge in [-0.15, -0.1) is 0 Å². The number of hydrogen-bond donors (Lipinski definition) is 2. The highest BCUT2D eigenvalue weighted by Crippen LogP contribution is 2.32. The lowest BCUT2D eigenvalue weighted by Crippen LogP contribution is -2.24. The van der Waals surface area contributed by atoms with E-state index in [4.69, 9.17) is 9.47 Å². The van der Waals surface area contributed by atoms with Crippen molar-refractivity contribution >= 4 is 0 Å². The molecule has 0 unspecified atom stereocenters. The van der Waals surface area contributed by atoms with Gasteiger partial charge < -0.3 is 14.5 Å². The Balaban J connectivity index is 1.93. The van der Waals surface area contributed by atoms with Gasteiger partial charge in [-0.1, -0.05) is 6.07 Å². The van der Waals surface area contributed by atoms with Crippen molar-refractivity contribution in [1.82, 2.24) is 9.97 Å². The molecule has 0 radical (unpaired) electrons. The van der Waals surface area contributed by atoms with Crippen LogP contribution in [0.2, 0.25) is 0 Å². The number of benzene rings is 1. The van der Waals surface area contributed by atoms with Crippen molar-refractivity contribution in [2.75, 3.05) is 6.79 Å². The van der Waals surface area contributed by atoms with Crippen molar-refractivity contribution in [3.05, 3.63) is 56.4 Å². The van der Waals surface area contributed by atoms with Gasteiger partial charge in [-0.25, -0.2) is 4.79 Å². The van der Waals surface area contributed by atoms with Crippen LogP contribution in [0.25, 0.3) is 0 Å². The lowest BCUT2D eigenvalue weighted by Gasteiger charge is -2.02. The maximum atomic E-state index is 11.5. The summed E-state index contributed by atoms with van der Waals surface area (Å²) in [6, 6.07) is 5.49. The first-order valence-electron chi connectivity index (χ1n) is 5.42. The molecule has 6 heteroatoms. The van der Waals surface area contributed by atoms with Gasteiger partial charge in [0.25, 0.3) is 5.56 Å². The number of aromatic amines is 2. The van der Waals surface area contributed by atoms with Gasteiger partial charge in [0, 0.05) is 18.2 Å². The Morgan fingerprint density at radius 1 is 1.17 bits per heavy atom. The van der Waals surface area contributed by atoms with E-state index in [1.54, 1.807) is 6.07 Å². The molecule has 92 valence electrons. The first-order chi connectivity index (χ1) is 8.72. The van der Waals surface area contributed by atoms with Crippen LogP contribution in [0.4, 0.5) is 0 Å². The van der Waals surface area contributed by atoms with Crippen LogP contribution in [0.5, 0.6) is 11.5 Å². The van der Waals surface area contributed by atoms with Crippen LogP contribution in [0.1, 0.15) is 11.1 Å². The van der Waals surface area contributed by atoms with Crippen LogP contribution in [-0.4, -0.2) is 16.8 Å². The zero-order valence-corrected chi connectivity index (χ0v) is 9.36. The molecule has 2 aromatic rings. The van der Waals surface area contributed by atoms with Crippen molar-refractivity contribution in [3.8, 4) is 11.5 Å². The minimum atomic E-state index is -0.505. The lowest BCUT2D eigenvalue weighted by molar-refractivity contribution is 0.174. The van der Waals surface area contributed by atoms with Crippen molar-refractivity contribution in [2.45, 2.75) is 6.42 Å². The highest BCUT2D eigenvalue weighted by Gasteiger charge is 2.13.